The lowest BCUT2D eigenvalue weighted by molar-refractivity contribution is -0.118. The van der Waals surface area contributed by atoms with E-state index in [0.29, 0.717) is 18.4 Å². The number of aliphatic hydroxyl groups is 1. The van der Waals surface area contributed by atoms with E-state index in [-0.39, 0.29) is 5.41 Å². The number of rotatable bonds is 0. The Balaban J connectivity index is 2.26. The van der Waals surface area contributed by atoms with Gasteiger partial charge in [-0.25, -0.2) is 0 Å². The Kier molecular flexibility index (Phi) is 1.77. The maximum Gasteiger partial charge on any atom is 0.160 e. The zero-order chi connectivity index (χ0) is 8.77. The third-order valence-electron chi connectivity index (χ3n) is 3.28. The summed E-state index contributed by atoms with van der Waals surface area (Å²) in [6.45, 7) is 4.99. The summed E-state index contributed by atoms with van der Waals surface area (Å²) in [4.78, 5) is 0. The Bertz CT molecular complexity index is 212. The highest BCUT2D eigenvalue weighted by molar-refractivity contribution is 5.08. The van der Waals surface area contributed by atoms with Gasteiger partial charge in [0.15, 0.2) is 6.29 Å². The van der Waals surface area contributed by atoms with E-state index >= 15 is 0 Å². The molecule has 1 N–H and O–H groups in total. The van der Waals surface area contributed by atoms with Gasteiger partial charge in [0.05, 0.1) is 6.61 Å². The minimum atomic E-state index is -0.560. The molecule has 1 fully saturated rings. The normalized spacial score (nSPS) is 52.4. The van der Waals surface area contributed by atoms with Gasteiger partial charge in [-0.1, -0.05) is 26.0 Å². The molecule has 1 heterocycles. The van der Waals surface area contributed by atoms with E-state index in [4.69, 9.17) is 4.74 Å². The maximum absolute atomic E-state index is 9.65. The summed E-state index contributed by atoms with van der Waals surface area (Å²) in [5.41, 5.74) is -0.0336. The van der Waals surface area contributed by atoms with Crippen molar-refractivity contribution in [1.29, 1.82) is 0 Å². The van der Waals surface area contributed by atoms with Crippen LogP contribution >= 0.6 is 0 Å². The van der Waals surface area contributed by atoms with Crippen molar-refractivity contribution in [2.75, 3.05) is 6.61 Å². The summed E-state index contributed by atoms with van der Waals surface area (Å²) in [5, 5.41) is 9.65. The Morgan fingerprint density at radius 2 is 2.25 bits per heavy atom. The van der Waals surface area contributed by atoms with Crippen molar-refractivity contribution in [2.45, 2.75) is 26.6 Å². The first-order valence-electron chi connectivity index (χ1n) is 4.61. The van der Waals surface area contributed by atoms with Crippen LogP contribution in [0.3, 0.4) is 0 Å². The largest absolute Gasteiger partial charge is 0.367 e. The third-order valence-corrected chi connectivity index (χ3v) is 3.28. The molecule has 0 aromatic carbocycles. The van der Waals surface area contributed by atoms with E-state index in [1.165, 1.54) is 0 Å². The molecule has 0 radical (unpaired) electrons. The predicted octanol–water partition coefficient (Wildman–Crippen LogP) is 1.55. The first-order chi connectivity index (χ1) is 5.63. The van der Waals surface area contributed by atoms with E-state index in [1.807, 2.05) is 0 Å². The van der Waals surface area contributed by atoms with Gasteiger partial charge < -0.3 is 9.84 Å². The molecule has 0 spiro atoms. The van der Waals surface area contributed by atoms with E-state index in [1.54, 1.807) is 0 Å². The molecular weight excluding hydrogens is 152 g/mol. The second kappa shape index (κ2) is 2.57. The number of hydrogen-bond donors (Lipinski definition) is 1. The van der Waals surface area contributed by atoms with Gasteiger partial charge in [-0.3, -0.25) is 0 Å². The quantitative estimate of drug-likeness (QED) is 0.556. The predicted molar refractivity (Wildman–Crippen MR) is 46.5 cm³/mol. The van der Waals surface area contributed by atoms with Crippen LogP contribution in [0.5, 0.6) is 0 Å². The minimum Gasteiger partial charge on any atom is -0.367 e. The Morgan fingerprint density at radius 1 is 1.50 bits per heavy atom. The summed E-state index contributed by atoms with van der Waals surface area (Å²) in [7, 11) is 0. The summed E-state index contributed by atoms with van der Waals surface area (Å²) in [5.74, 6) is 0.992. The second-order valence-corrected chi connectivity index (χ2v) is 4.36. The molecule has 4 atom stereocenters. The molecule has 2 heteroatoms. The highest BCUT2D eigenvalue weighted by Gasteiger charge is 2.47. The fraction of sp³-hybridized carbons (Fsp3) is 0.800. The maximum atomic E-state index is 9.65. The van der Waals surface area contributed by atoms with Gasteiger partial charge in [-0.05, 0) is 12.3 Å². The molecule has 1 saturated heterocycles. The van der Waals surface area contributed by atoms with Crippen molar-refractivity contribution in [3.63, 3.8) is 0 Å². The summed E-state index contributed by atoms with van der Waals surface area (Å²) >= 11 is 0. The number of fused-ring (bicyclic) bond motifs is 1. The molecule has 0 amide bonds. The van der Waals surface area contributed by atoms with Crippen molar-refractivity contribution in [3.05, 3.63) is 12.2 Å². The van der Waals surface area contributed by atoms with Crippen LogP contribution < -0.4 is 0 Å². The highest BCUT2D eigenvalue weighted by atomic mass is 16.6. The third kappa shape index (κ3) is 1.02. The number of hydrogen-bond acceptors (Lipinski definition) is 2. The standard InChI is InChI=1S/C10H16O2/c1-7-3-4-8-6-12-9(11)10(8,2)5-7/h3-4,7-9,11H,5-6H2,1-2H3/t7-,8-,9?,10-/m0/s1. The van der Waals surface area contributed by atoms with Crippen molar-refractivity contribution in [2.24, 2.45) is 17.3 Å². The summed E-state index contributed by atoms with van der Waals surface area (Å²) < 4.78 is 5.26. The minimum absolute atomic E-state index is 0.0336. The number of allylic oxidation sites excluding steroid dienone is 1. The van der Waals surface area contributed by atoms with Gasteiger partial charge in [-0.15, -0.1) is 0 Å². The van der Waals surface area contributed by atoms with E-state index in [0.717, 1.165) is 6.42 Å². The van der Waals surface area contributed by atoms with Gasteiger partial charge >= 0.3 is 0 Å². The van der Waals surface area contributed by atoms with Gasteiger partial charge in [0.2, 0.25) is 0 Å². The molecule has 12 heavy (non-hydrogen) atoms. The van der Waals surface area contributed by atoms with Crippen LogP contribution in [-0.4, -0.2) is 18.0 Å². The van der Waals surface area contributed by atoms with Crippen molar-refractivity contribution >= 4 is 0 Å². The monoisotopic (exact) mass is 168 g/mol. The smallest absolute Gasteiger partial charge is 0.160 e. The van der Waals surface area contributed by atoms with Crippen LogP contribution in [0.4, 0.5) is 0 Å². The van der Waals surface area contributed by atoms with Crippen molar-refractivity contribution < 1.29 is 9.84 Å². The molecule has 0 saturated carbocycles. The lowest BCUT2D eigenvalue weighted by Crippen LogP contribution is -2.36. The summed E-state index contributed by atoms with van der Waals surface area (Å²) in [6, 6.07) is 0. The van der Waals surface area contributed by atoms with Crippen LogP contribution in [0.2, 0.25) is 0 Å². The topological polar surface area (TPSA) is 29.5 Å². The van der Waals surface area contributed by atoms with Crippen LogP contribution in [0, 0.1) is 17.3 Å². The first kappa shape index (κ1) is 8.27. The molecule has 0 aromatic heterocycles. The molecule has 0 aromatic rings. The SMILES string of the molecule is C[C@H]1C=C[C@H]2COC(O)[C@@]2(C)C1. The average molecular weight is 168 g/mol. The van der Waals surface area contributed by atoms with E-state index in [2.05, 4.69) is 26.0 Å². The van der Waals surface area contributed by atoms with Crippen LogP contribution in [0.1, 0.15) is 20.3 Å². The van der Waals surface area contributed by atoms with Gasteiger partial charge in [0, 0.05) is 11.3 Å². The van der Waals surface area contributed by atoms with Crippen molar-refractivity contribution in [3.8, 4) is 0 Å². The van der Waals surface area contributed by atoms with Gasteiger partial charge in [0.25, 0.3) is 0 Å². The fourth-order valence-corrected chi connectivity index (χ4v) is 2.37. The Hall–Kier alpha value is -0.340. The fourth-order valence-electron chi connectivity index (χ4n) is 2.37. The number of aliphatic hydroxyl groups excluding tert-OH is 1. The lowest BCUT2D eigenvalue weighted by Gasteiger charge is -2.35. The molecule has 1 aliphatic carbocycles. The molecular formula is C10H16O2. The van der Waals surface area contributed by atoms with Crippen LogP contribution in [-0.2, 0) is 4.74 Å². The molecule has 2 rings (SSSR count). The van der Waals surface area contributed by atoms with E-state index in [9.17, 15) is 5.11 Å². The molecule has 2 nitrogen and oxygen atoms in total. The highest BCUT2D eigenvalue weighted by Crippen LogP contribution is 2.47. The lowest BCUT2D eigenvalue weighted by atomic mass is 9.69. The van der Waals surface area contributed by atoms with Crippen LogP contribution in [0.25, 0.3) is 0 Å². The number of ether oxygens (including phenoxy) is 1. The molecule has 68 valence electrons. The van der Waals surface area contributed by atoms with Gasteiger partial charge in [0.1, 0.15) is 0 Å². The Morgan fingerprint density at radius 3 is 3.00 bits per heavy atom. The second-order valence-electron chi connectivity index (χ2n) is 4.36. The molecule has 2 aliphatic rings. The molecule has 1 unspecified atom stereocenters. The Labute approximate surface area is 73.2 Å². The molecule has 1 aliphatic heterocycles. The van der Waals surface area contributed by atoms with Crippen molar-refractivity contribution in [1.82, 2.24) is 0 Å². The zero-order valence-electron chi connectivity index (χ0n) is 7.66. The van der Waals surface area contributed by atoms with E-state index < -0.39 is 6.29 Å². The van der Waals surface area contributed by atoms with Crippen LogP contribution in [0.15, 0.2) is 12.2 Å². The summed E-state index contributed by atoms with van der Waals surface area (Å²) in [6.07, 6.45) is 4.91. The zero-order valence-corrected chi connectivity index (χ0v) is 7.66. The first-order valence-corrected chi connectivity index (χ1v) is 4.61. The van der Waals surface area contributed by atoms with Gasteiger partial charge in [-0.2, -0.15) is 0 Å². The average Bonchev–Trinajstić information content (AvgIpc) is 2.28. The molecule has 0 bridgehead atoms.